The van der Waals surface area contributed by atoms with E-state index < -0.39 is 69.9 Å². The minimum atomic E-state index is -4.57. The topological polar surface area (TPSA) is 322 Å². The molecule has 0 bridgehead atoms. The number of benzene rings is 6. The quantitative estimate of drug-likeness (QED) is 0.0473. The summed E-state index contributed by atoms with van der Waals surface area (Å²) in [4.78, 5) is 102. The van der Waals surface area contributed by atoms with Crippen molar-refractivity contribution in [3.05, 3.63) is 294 Å². The third-order valence-electron chi connectivity index (χ3n) is 19.8. The van der Waals surface area contributed by atoms with Gasteiger partial charge in [-0.05, 0) is 216 Å². The Morgan fingerprint density at radius 3 is 0.958 bits per heavy atom. The van der Waals surface area contributed by atoms with E-state index in [1.165, 1.54) is 79.3 Å². The summed E-state index contributed by atoms with van der Waals surface area (Å²) in [6, 6.07) is 36.4. The summed E-state index contributed by atoms with van der Waals surface area (Å²) < 4.78 is 121. The highest BCUT2D eigenvalue weighted by Crippen LogP contribution is 2.39. The van der Waals surface area contributed by atoms with Gasteiger partial charge in [0.1, 0.15) is 85.5 Å². The molecule has 0 aliphatic carbocycles. The van der Waals surface area contributed by atoms with Crippen LogP contribution in [0.3, 0.4) is 0 Å². The van der Waals surface area contributed by atoms with Gasteiger partial charge in [-0.1, -0.05) is 69.1 Å². The molecule has 6 aromatic carbocycles. The van der Waals surface area contributed by atoms with Crippen molar-refractivity contribution in [2.75, 3.05) is 39.3 Å². The lowest BCUT2D eigenvalue weighted by atomic mass is 9.99. The van der Waals surface area contributed by atoms with Crippen LogP contribution in [0.25, 0.3) is 66.2 Å². The molecule has 0 saturated carbocycles. The molecule has 0 radical (unpaired) electrons. The molecule has 0 aliphatic rings. The minimum absolute atomic E-state index is 0.00859. The first kappa shape index (κ1) is 86.6. The van der Waals surface area contributed by atoms with Crippen molar-refractivity contribution in [3.63, 3.8) is 0 Å². The van der Waals surface area contributed by atoms with Gasteiger partial charge in [0.25, 0.3) is 34.4 Å². The molecule has 624 valence electrons. The fourth-order valence-corrected chi connectivity index (χ4v) is 15.3. The standard InChI is InChI=1S/C29H25ClF4N4O4.C28H25BrClFN4O4.C28H25Cl2FN4O4/c1-15(2)24(37(12-11-35)27(39)16-3-5-17(6-4-16)29(32,33)34)26-36-23-20-13-18(31)7-9-21(20)42-25(23)28(40)38(26)14-19-8-10-22(30)41-19;2*1-15(2)24(34(12-11-32)27(36)16-3-5-17(29)6-4-16)26-33-23-20-13-18(31)7-9-21(20)39-25(23)28(37)35(26)14-19-8-10-22(30)38-19/h3-10,13,15,24H,11-12,14,35H2,1-2H3;2*3-10,13,15,24H,11-12,14,32H2,1-2H3. The van der Waals surface area contributed by atoms with Crippen molar-refractivity contribution in [2.24, 2.45) is 35.0 Å². The van der Waals surface area contributed by atoms with Crippen LogP contribution in [0, 0.1) is 35.2 Å². The smallest absolute Gasteiger partial charge is 0.416 e. The second kappa shape index (κ2) is 36.3. The summed E-state index contributed by atoms with van der Waals surface area (Å²) >= 11 is 27.4. The highest BCUT2D eigenvalue weighted by molar-refractivity contribution is 9.10. The Morgan fingerprint density at radius 1 is 0.417 bits per heavy atom. The Labute approximate surface area is 706 Å². The zero-order chi connectivity index (χ0) is 86.0. The molecule has 3 amide bonds. The highest BCUT2D eigenvalue weighted by Gasteiger charge is 2.39. The van der Waals surface area contributed by atoms with E-state index in [1.807, 2.05) is 27.7 Å². The Hall–Kier alpha value is -11.3. The summed E-state index contributed by atoms with van der Waals surface area (Å²) in [5, 5.41) is 1.90. The first-order chi connectivity index (χ1) is 57.2. The molecular formula is C85H75BrCl4F6N12O12. The van der Waals surface area contributed by atoms with Crippen molar-refractivity contribution in [1.82, 2.24) is 43.4 Å². The number of hydrogen-bond donors (Lipinski definition) is 3. The van der Waals surface area contributed by atoms with E-state index in [1.54, 1.807) is 103 Å². The van der Waals surface area contributed by atoms with Gasteiger partial charge >= 0.3 is 6.18 Å². The number of fused-ring (bicyclic) bond motifs is 9. The van der Waals surface area contributed by atoms with Crippen LogP contribution in [0.1, 0.15) is 131 Å². The lowest BCUT2D eigenvalue weighted by Gasteiger charge is -2.35. The molecule has 9 heterocycles. The average molecular weight is 1790 g/mol. The van der Waals surface area contributed by atoms with Crippen molar-refractivity contribution >= 4 is 146 Å². The van der Waals surface area contributed by atoms with Crippen LogP contribution < -0.4 is 33.9 Å². The summed E-state index contributed by atoms with van der Waals surface area (Å²) in [6.45, 7) is 11.9. The number of furan rings is 6. The molecule has 3 atom stereocenters. The molecule has 24 nitrogen and oxygen atoms in total. The van der Waals surface area contributed by atoms with Gasteiger partial charge in [0.15, 0.2) is 15.7 Å². The van der Waals surface area contributed by atoms with Gasteiger partial charge in [-0.15, -0.1) is 0 Å². The SMILES string of the molecule is CC(C)C(c1nc2c(oc3ccc(F)cc32)c(=O)n1Cc1ccc(Cl)o1)N(CCN)C(=O)c1ccc(Br)cc1.CC(C)C(c1nc2c(oc3ccc(F)cc32)c(=O)n1Cc1ccc(Cl)o1)N(CCN)C(=O)c1ccc(C(F)(F)F)cc1.CC(C)C(c1nc2c(oc3ccc(F)cc32)c(=O)n1Cc1ccc(Cl)o1)N(CCN)C(=O)c1ccc(Cl)cc1. The van der Waals surface area contributed by atoms with Gasteiger partial charge in [0.05, 0.1) is 43.3 Å². The molecular weight excluding hydrogens is 1720 g/mol. The maximum absolute atomic E-state index is 14.2. The Bertz CT molecular complexity index is 6260. The molecule has 0 saturated heterocycles. The van der Waals surface area contributed by atoms with Crippen LogP contribution in [0.5, 0.6) is 0 Å². The van der Waals surface area contributed by atoms with Crippen molar-refractivity contribution in [1.29, 1.82) is 0 Å². The van der Waals surface area contributed by atoms with E-state index in [0.29, 0.717) is 61.2 Å². The predicted octanol–water partition coefficient (Wildman–Crippen LogP) is 18.6. The lowest BCUT2D eigenvalue weighted by molar-refractivity contribution is -0.137. The number of hydrogen-bond acceptors (Lipinski definition) is 18. The van der Waals surface area contributed by atoms with Crippen LogP contribution in [0.2, 0.25) is 20.7 Å². The van der Waals surface area contributed by atoms with Crippen molar-refractivity contribution in [3.8, 4) is 0 Å². The van der Waals surface area contributed by atoms with E-state index in [-0.39, 0.29) is 166 Å². The fourth-order valence-electron chi connectivity index (χ4n) is 14.5. The largest absolute Gasteiger partial charge is 0.448 e. The maximum Gasteiger partial charge on any atom is 0.416 e. The first-order valence-corrected chi connectivity index (χ1v) is 39.9. The second-order valence-electron chi connectivity index (χ2n) is 29.0. The molecule has 15 aromatic rings. The lowest BCUT2D eigenvalue weighted by Crippen LogP contribution is -2.43. The van der Waals surface area contributed by atoms with E-state index in [2.05, 4.69) is 15.9 Å². The molecule has 15 rings (SSSR count). The van der Waals surface area contributed by atoms with Crippen LogP contribution in [0.4, 0.5) is 26.3 Å². The monoisotopic (exact) mass is 1790 g/mol. The minimum Gasteiger partial charge on any atom is -0.448 e. The number of halogens is 11. The molecule has 0 fully saturated rings. The number of nitrogens with zero attached hydrogens (tertiary/aromatic N) is 9. The molecule has 120 heavy (non-hydrogen) atoms. The van der Waals surface area contributed by atoms with E-state index in [0.717, 1.165) is 28.7 Å². The van der Waals surface area contributed by atoms with Crippen LogP contribution in [-0.2, 0) is 25.8 Å². The van der Waals surface area contributed by atoms with Crippen molar-refractivity contribution < 1.29 is 67.2 Å². The van der Waals surface area contributed by atoms with Gasteiger partial charge in [-0.3, -0.25) is 42.5 Å². The Morgan fingerprint density at radius 2 is 0.700 bits per heavy atom. The van der Waals surface area contributed by atoms with Gasteiger partial charge in [-0.25, -0.2) is 28.1 Å². The van der Waals surface area contributed by atoms with E-state index in [9.17, 15) is 55.1 Å². The molecule has 0 spiro atoms. The van der Waals surface area contributed by atoms with Gasteiger partial charge in [0.2, 0.25) is 16.7 Å². The number of rotatable bonds is 24. The molecule has 0 aliphatic heterocycles. The molecule has 3 unspecified atom stereocenters. The zero-order valence-corrected chi connectivity index (χ0v) is 69.3. The molecule has 9 aromatic heterocycles. The summed E-state index contributed by atoms with van der Waals surface area (Å²) in [5.74, 6) is -1.68. The van der Waals surface area contributed by atoms with E-state index in [4.69, 9.17) is 105 Å². The number of carbonyl (C=O) groups is 3. The third-order valence-corrected chi connectivity index (χ3v) is 21.1. The number of nitrogens with two attached hydrogens (primary N) is 3. The highest BCUT2D eigenvalue weighted by atomic mass is 79.9. The summed E-state index contributed by atoms with van der Waals surface area (Å²) in [5.41, 5.74) is 17.4. The molecule has 6 N–H and O–H groups in total. The number of amides is 3. The maximum atomic E-state index is 14.2. The summed E-state index contributed by atoms with van der Waals surface area (Å²) in [7, 11) is 0. The number of alkyl halides is 3. The van der Waals surface area contributed by atoms with Crippen LogP contribution in [-0.4, -0.2) is 100 Å². The zero-order valence-electron chi connectivity index (χ0n) is 64.7. The van der Waals surface area contributed by atoms with E-state index >= 15 is 0 Å². The summed E-state index contributed by atoms with van der Waals surface area (Å²) in [6.07, 6.45) is -4.57. The normalized spacial score (nSPS) is 12.6. The van der Waals surface area contributed by atoms with Gasteiger partial charge in [0, 0.05) is 81.6 Å². The Balaban J connectivity index is 0.000000156. The first-order valence-electron chi connectivity index (χ1n) is 37.6. The van der Waals surface area contributed by atoms with Crippen molar-refractivity contribution in [2.45, 2.75) is 85.5 Å². The van der Waals surface area contributed by atoms with Gasteiger partial charge < -0.3 is 58.4 Å². The third kappa shape index (κ3) is 18.2. The number of aromatic nitrogens is 6. The second-order valence-corrected chi connectivity index (χ2v) is 31.4. The van der Waals surface area contributed by atoms with Gasteiger partial charge in [-0.2, -0.15) is 13.2 Å². The number of carbonyl (C=O) groups excluding carboxylic acids is 3. The average Bonchev–Trinajstić information content (AvgIpc) is 1.54. The predicted molar refractivity (Wildman–Crippen MR) is 446 cm³/mol. The van der Waals surface area contributed by atoms with Crippen LogP contribution >= 0.6 is 62.3 Å². The Kier molecular flexibility index (Phi) is 26.2. The van der Waals surface area contributed by atoms with Crippen LogP contribution in [0.15, 0.2) is 209 Å². The molecule has 35 heteroatoms. The fraction of sp³-hybridized carbons (Fsp3) is 0.259.